The van der Waals surface area contributed by atoms with Crippen LogP contribution in [0.4, 0.5) is 0 Å². The number of amides is 1. The predicted octanol–water partition coefficient (Wildman–Crippen LogP) is 1.71. The van der Waals surface area contributed by atoms with Gasteiger partial charge in [-0.05, 0) is 31.5 Å². The summed E-state index contributed by atoms with van der Waals surface area (Å²) in [7, 11) is 1.97. The minimum absolute atomic E-state index is 0.176. The molecule has 0 aliphatic carbocycles. The van der Waals surface area contributed by atoms with E-state index in [0.29, 0.717) is 12.5 Å². The van der Waals surface area contributed by atoms with Crippen LogP contribution in [0.1, 0.15) is 30.0 Å². The van der Waals surface area contributed by atoms with Crippen LogP contribution >= 0.6 is 0 Å². The van der Waals surface area contributed by atoms with Gasteiger partial charge in [0, 0.05) is 56.5 Å². The molecule has 0 saturated carbocycles. The minimum atomic E-state index is 0.176. The van der Waals surface area contributed by atoms with Gasteiger partial charge in [0.1, 0.15) is 0 Å². The second-order valence-corrected chi connectivity index (χ2v) is 6.34. The largest absolute Gasteiger partial charge is 0.341 e. The summed E-state index contributed by atoms with van der Waals surface area (Å²) >= 11 is 0. The standard InChI is InChI=1S/C18H23N5O/c1-22(12-15-4-2-6-19-10-15)14-18(24)23-9-3-5-16(13-23)17-11-20-7-8-21-17/h2,4,6-8,10-11,16H,3,5,9,12-14H2,1H3. The van der Waals surface area contributed by atoms with Crippen molar-refractivity contribution in [2.24, 2.45) is 0 Å². The van der Waals surface area contributed by atoms with Crippen LogP contribution < -0.4 is 0 Å². The van der Waals surface area contributed by atoms with Gasteiger partial charge < -0.3 is 4.90 Å². The van der Waals surface area contributed by atoms with Crippen LogP contribution in [0, 0.1) is 0 Å². The molecule has 3 rings (SSSR count). The molecule has 1 fully saturated rings. The summed E-state index contributed by atoms with van der Waals surface area (Å²) in [5, 5.41) is 0. The van der Waals surface area contributed by atoms with E-state index in [9.17, 15) is 4.79 Å². The number of pyridine rings is 1. The second kappa shape index (κ2) is 7.97. The summed E-state index contributed by atoms with van der Waals surface area (Å²) in [6, 6.07) is 3.94. The van der Waals surface area contributed by atoms with Crippen LogP contribution in [0.25, 0.3) is 0 Å². The lowest BCUT2D eigenvalue weighted by Crippen LogP contribution is -2.43. The molecule has 126 valence electrons. The number of likely N-dealkylation sites (N-methyl/N-ethyl adjacent to an activating group) is 1. The normalized spacial score (nSPS) is 17.9. The predicted molar refractivity (Wildman–Crippen MR) is 91.2 cm³/mol. The fraction of sp³-hybridized carbons (Fsp3) is 0.444. The van der Waals surface area contributed by atoms with Gasteiger partial charge in [-0.1, -0.05) is 6.07 Å². The Morgan fingerprint density at radius 2 is 2.17 bits per heavy atom. The van der Waals surface area contributed by atoms with Gasteiger partial charge in [0.2, 0.25) is 5.91 Å². The fourth-order valence-corrected chi connectivity index (χ4v) is 3.16. The van der Waals surface area contributed by atoms with E-state index < -0.39 is 0 Å². The van der Waals surface area contributed by atoms with Crippen molar-refractivity contribution in [3.05, 3.63) is 54.4 Å². The van der Waals surface area contributed by atoms with Crippen LogP contribution in [-0.2, 0) is 11.3 Å². The van der Waals surface area contributed by atoms with Crippen molar-refractivity contribution in [3.8, 4) is 0 Å². The monoisotopic (exact) mass is 325 g/mol. The average Bonchev–Trinajstić information content (AvgIpc) is 2.63. The Morgan fingerprint density at radius 1 is 1.29 bits per heavy atom. The molecule has 0 spiro atoms. The van der Waals surface area contributed by atoms with Crippen molar-refractivity contribution in [1.29, 1.82) is 0 Å². The SMILES string of the molecule is CN(CC(=O)N1CCCC(c2cnccn2)C1)Cc1cccnc1. The molecule has 0 N–H and O–H groups in total. The Balaban J connectivity index is 1.54. The molecule has 0 bridgehead atoms. The smallest absolute Gasteiger partial charge is 0.236 e. The summed E-state index contributed by atoms with van der Waals surface area (Å²) in [6.45, 7) is 2.71. The Kier molecular flexibility index (Phi) is 5.48. The fourth-order valence-electron chi connectivity index (χ4n) is 3.16. The van der Waals surface area contributed by atoms with Crippen molar-refractivity contribution in [1.82, 2.24) is 24.8 Å². The summed E-state index contributed by atoms with van der Waals surface area (Å²) in [5.74, 6) is 0.468. The maximum absolute atomic E-state index is 12.6. The van der Waals surface area contributed by atoms with Crippen LogP contribution in [0.15, 0.2) is 43.1 Å². The molecule has 2 aromatic heterocycles. The highest BCUT2D eigenvalue weighted by Gasteiger charge is 2.26. The first-order valence-electron chi connectivity index (χ1n) is 8.33. The Bertz CT molecular complexity index is 649. The van der Waals surface area contributed by atoms with E-state index in [4.69, 9.17) is 0 Å². The number of piperidine rings is 1. The summed E-state index contributed by atoms with van der Waals surface area (Å²) in [4.78, 5) is 29.3. The lowest BCUT2D eigenvalue weighted by molar-refractivity contribution is -0.133. The second-order valence-electron chi connectivity index (χ2n) is 6.34. The molecular weight excluding hydrogens is 302 g/mol. The first-order valence-corrected chi connectivity index (χ1v) is 8.33. The van der Waals surface area contributed by atoms with E-state index in [1.165, 1.54) is 0 Å². The molecule has 1 aliphatic heterocycles. The average molecular weight is 325 g/mol. The number of carbonyl (C=O) groups excluding carboxylic acids is 1. The third-order valence-electron chi connectivity index (χ3n) is 4.36. The van der Waals surface area contributed by atoms with Gasteiger partial charge in [0.15, 0.2) is 0 Å². The molecule has 3 heterocycles. The van der Waals surface area contributed by atoms with Crippen LogP contribution in [0.2, 0.25) is 0 Å². The van der Waals surface area contributed by atoms with E-state index in [1.54, 1.807) is 18.6 Å². The third-order valence-corrected chi connectivity index (χ3v) is 4.36. The van der Waals surface area contributed by atoms with Gasteiger partial charge >= 0.3 is 0 Å². The van der Waals surface area contributed by atoms with Crippen LogP contribution in [-0.4, -0.2) is 57.3 Å². The molecule has 1 aliphatic rings. The summed E-state index contributed by atoms with van der Waals surface area (Å²) < 4.78 is 0. The number of aromatic nitrogens is 3. The maximum Gasteiger partial charge on any atom is 0.236 e. The minimum Gasteiger partial charge on any atom is -0.341 e. The molecule has 6 nitrogen and oxygen atoms in total. The van der Waals surface area contributed by atoms with Gasteiger partial charge in [-0.2, -0.15) is 0 Å². The molecule has 24 heavy (non-hydrogen) atoms. The molecular formula is C18H23N5O. The van der Waals surface area contributed by atoms with Crippen molar-refractivity contribution < 1.29 is 4.79 Å². The van der Waals surface area contributed by atoms with Crippen LogP contribution in [0.3, 0.4) is 0 Å². The maximum atomic E-state index is 12.6. The van der Waals surface area contributed by atoms with Gasteiger partial charge in [-0.3, -0.25) is 24.6 Å². The summed E-state index contributed by atoms with van der Waals surface area (Å²) in [5.41, 5.74) is 2.10. The van der Waals surface area contributed by atoms with Gasteiger partial charge in [-0.15, -0.1) is 0 Å². The molecule has 0 radical (unpaired) electrons. The molecule has 6 heteroatoms. The molecule has 1 amide bonds. The highest BCUT2D eigenvalue weighted by Crippen LogP contribution is 2.24. The van der Waals surface area contributed by atoms with Crippen molar-refractivity contribution in [2.45, 2.75) is 25.3 Å². The van der Waals surface area contributed by atoms with E-state index in [-0.39, 0.29) is 5.91 Å². The Morgan fingerprint density at radius 3 is 2.92 bits per heavy atom. The molecule has 0 aromatic carbocycles. The first-order chi connectivity index (χ1) is 11.7. The van der Waals surface area contributed by atoms with E-state index in [2.05, 4.69) is 15.0 Å². The molecule has 1 saturated heterocycles. The topological polar surface area (TPSA) is 62.2 Å². The molecule has 2 aromatic rings. The molecule has 1 atom stereocenters. The third kappa shape index (κ3) is 4.35. The highest BCUT2D eigenvalue weighted by atomic mass is 16.2. The zero-order valence-corrected chi connectivity index (χ0v) is 14.0. The number of rotatable bonds is 5. The van der Waals surface area contributed by atoms with Crippen molar-refractivity contribution >= 4 is 5.91 Å². The van der Waals surface area contributed by atoms with E-state index in [0.717, 1.165) is 43.7 Å². The lowest BCUT2D eigenvalue weighted by Gasteiger charge is -2.33. The van der Waals surface area contributed by atoms with E-state index >= 15 is 0 Å². The summed E-state index contributed by atoms with van der Waals surface area (Å²) in [6.07, 6.45) is 10.9. The highest BCUT2D eigenvalue weighted by molar-refractivity contribution is 5.78. The number of nitrogens with zero attached hydrogens (tertiary/aromatic N) is 5. The first kappa shape index (κ1) is 16.5. The van der Waals surface area contributed by atoms with Crippen molar-refractivity contribution in [2.75, 3.05) is 26.7 Å². The quantitative estimate of drug-likeness (QED) is 0.837. The van der Waals surface area contributed by atoms with Gasteiger partial charge in [0.25, 0.3) is 0 Å². The lowest BCUT2D eigenvalue weighted by atomic mass is 9.95. The van der Waals surface area contributed by atoms with Crippen molar-refractivity contribution in [3.63, 3.8) is 0 Å². The number of hydrogen-bond acceptors (Lipinski definition) is 5. The zero-order chi connectivity index (χ0) is 16.8. The Hall–Kier alpha value is -2.34. The number of hydrogen-bond donors (Lipinski definition) is 0. The zero-order valence-electron chi connectivity index (χ0n) is 14.0. The number of likely N-dealkylation sites (tertiary alicyclic amines) is 1. The molecule has 1 unspecified atom stereocenters. The van der Waals surface area contributed by atoms with Crippen LogP contribution in [0.5, 0.6) is 0 Å². The van der Waals surface area contributed by atoms with Gasteiger partial charge in [-0.25, -0.2) is 0 Å². The van der Waals surface area contributed by atoms with Gasteiger partial charge in [0.05, 0.1) is 12.2 Å². The number of carbonyl (C=O) groups is 1. The van der Waals surface area contributed by atoms with E-state index in [1.807, 2.05) is 41.4 Å². The Labute approximate surface area is 142 Å².